The highest BCUT2D eigenvalue weighted by atomic mass is 35.5. The summed E-state index contributed by atoms with van der Waals surface area (Å²) in [5.41, 5.74) is 1.41. The summed E-state index contributed by atoms with van der Waals surface area (Å²) in [4.78, 5) is 67.7. The topological polar surface area (TPSA) is 136 Å². The lowest BCUT2D eigenvalue weighted by atomic mass is 9.77. The first-order chi connectivity index (χ1) is 21.9. The van der Waals surface area contributed by atoms with Gasteiger partial charge >= 0.3 is 5.97 Å². The molecule has 2 atom stereocenters. The highest BCUT2D eigenvalue weighted by Gasteiger charge is 2.39. The van der Waals surface area contributed by atoms with E-state index in [0.29, 0.717) is 19.6 Å². The van der Waals surface area contributed by atoms with Crippen LogP contribution in [0.1, 0.15) is 80.1 Å². The van der Waals surface area contributed by atoms with Crippen molar-refractivity contribution in [1.82, 2.24) is 20.4 Å². The van der Waals surface area contributed by atoms with Crippen molar-refractivity contribution >= 4 is 52.8 Å². The van der Waals surface area contributed by atoms with Gasteiger partial charge in [0.25, 0.3) is 5.91 Å². The highest BCUT2D eigenvalue weighted by molar-refractivity contribution is 6.35. The Morgan fingerprint density at radius 3 is 2.09 bits per heavy atom. The minimum absolute atomic E-state index is 0.0442. The van der Waals surface area contributed by atoms with Crippen molar-refractivity contribution in [3.05, 3.63) is 69.7 Å². The Kier molecular flexibility index (Phi) is 12.5. The summed E-state index contributed by atoms with van der Waals surface area (Å²) in [6.07, 6.45) is 6.15. The third-order valence-corrected chi connectivity index (χ3v) is 9.59. The average Bonchev–Trinajstić information content (AvgIpc) is 3.48. The molecule has 3 N–H and O–H groups in total. The van der Waals surface area contributed by atoms with E-state index in [1.165, 1.54) is 48.8 Å². The summed E-state index contributed by atoms with van der Waals surface area (Å²) < 4.78 is 0. The normalized spacial score (nSPS) is 16.8. The highest BCUT2D eigenvalue weighted by Crippen LogP contribution is 2.46. The number of amides is 4. The molecule has 4 rings (SSSR count). The molecule has 0 unspecified atom stereocenters. The first kappa shape index (κ1) is 35.2. The minimum Gasteiger partial charge on any atom is -0.480 e. The van der Waals surface area contributed by atoms with E-state index in [-0.39, 0.29) is 58.5 Å². The Labute approximate surface area is 279 Å². The zero-order chi connectivity index (χ0) is 33.3. The van der Waals surface area contributed by atoms with Crippen LogP contribution < -0.4 is 10.6 Å². The van der Waals surface area contributed by atoms with Gasteiger partial charge in [-0.05, 0) is 67.7 Å². The molecule has 1 heterocycles. The number of carboxylic acid groups (broad SMARTS) is 1. The maximum atomic E-state index is 13.7. The molecule has 2 aromatic rings. The quantitative estimate of drug-likeness (QED) is 0.272. The largest absolute Gasteiger partial charge is 0.480 e. The number of halogens is 2. The van der Waals surface area contributed by atoms with Crippen LogP contribution in [0.25, 0.3) is 0 Å². The first-order valence-electron chi connectivity index (χ1n) is 15.8. The van der Waals surface area contributed by atoms with Gasteiger partial charge in [-0.25, -0.2) is 4.79 Å². The van der Waals surface area contributed by atoms with Crippen LogP contribution in [-0.2, 0) is 25.7 Å². The number of carbonyl (C=O) groups is 5. The fraction of sp³-hybridized carbons (Fsp3) is 0.500. The summed E-state index contributed by atoms with van der Waals surface area (Å²) in [5.74, 6) is -2.96. The fourth-order valence-electron chi connectivity index (χ4n) is 6.43. The number of rotatable bonds is 13. The van der Waals surface area contributed by atoms with Crippen LogP contribution >= 0.6 is 23.2 Å². The second-order valence-electron chi connectivity index (χ2n) is 12.5. The lowest BCUT2D eigenvalue weighted by Crippen LogP contribution is -2.52. The monoisotopic (exact) mass is 672 g/mol. The second kappa shape index (κ2) is 16.3. The van der Waals surface area contributed by atoms with Crippen LogP contribution in [0.5, 0.6) is 0 Å². The number of aliphatic carboxylic acids is 1. The number of hydrogen-bond donors (Lipinski definition) is 3. The number of nitrogens with zero attached hydrogens (tertiary/aromatic N) is 2. The molecule has 2 aliphatic rings. The van der Waals surface area contributed by atoms with Gasteiger partial charge in [0.05, 0.1) is 0 Å². The SMILES string of the molecule is CN(Cc1ccccc1)C(=O)CC[C@@H](NC(=O)CC[C@@H](NC(=O)c1cc(Cl)cc(Cl)c1)C(=O)N1CCC2(CCCC2)CC1)C(=O)O. The maximum Gasteiger partial charge on any atom is 0.326 e. The molecule has 46 heavy (non-hydrogen) atoms. The van der Waals surface area contributed by atoms with Crippen molar-refractivity contribution in [3.8, 4) is 0 Å². The summed E-state index contributed by atoms with van der Waals surface area (Å²) in [6.45, 7) is 1.53. The van der Waals surface area contributed by atoms with Crippen LogP contribution in [0.15, 0.2) is 48.5 Å². The fourth-order valence-corrected chi connectivity index (χ4v) is 6.96. The Balaban J connectivity index is 1.35. The van der Waals surface area contributed by atoms with Crippen molar-refractivity contribution in [2.24, 2.45) is 5.41 Å². The second-order valence-corrected chi connectivity index (χ2v) is 13.4. The van der Waals surface area contributed by atoms with Crippen LogP contribution in [0, 0.1) is 5.41 Å². The molecule has 10 nitrogen and oxygen atoms in total. The van der Waals surface area contributed by atoms with Crippen LogP contribution in [0.2, 0.25) is 10.0 Å². The Morgan fingerprint density at radius 2 is 1.48 bits per heavy atom. The average molecular weight is 674 g/mol. The van der Waals surface area contributed by atoms with Crippen molar-refractivity contribution < 1.29 is 29.1 Å². The number of piperidine rings is 1. The molecule has 0 bridgehead atoms. The molecule has 0 radical (unpaired) electrons. The van der Waals surface area contributed by atoms with Gasteiger partial charge in [0.1, 0.15) is 12.1 Å². The van der Waals surface area contributed by atoms with Gasteiger partial charge in [0.2, 0.25) is 17.7 Å². The number of hydrogen-bond acceptors (Lipinski definition) is 5. The summed E-state index contributed by atoms with van der Waals surface area (Å²) in [6, 6.07) is 11.5. The Morgan fingerprint density at radius 1 is 0.870 bits per heavy atom. The van der Waals surface area contributed by atoms with E-state index in [1.54, 1.807) is 11.9 Å². The van der Waals surface area contributed by atoms with Crippen molar-refractivity contribution in [1.29, 1.82) is 0 Å². The van der Waals surface area contributed by atoms with Gasteiger partial charge in [0.15, 0.2) is 0 Å². The maximum absolute atomic E-state index is 13.7. The standard InChI is InChI=1S/C34H42Cl2N4O6/c1-39(22-23-7-3-2-4-8-23)30(42)12-10-28(33(45)46)37-29(41)11-9-27(38-31(43)24-19-25(35)21-26(36)20-24)32(44)40-17-15-34(16-18-40)13-5-6-14-34/h2-4,7-8,19-21,27-28H,5-6,9-18,22H2,1H3,(H,37,41)(H,38,43)(H,45,46)/t27-,28-/m1/s1. The molecule has 0 aromatic heterocycles. The van der Waals surface area contributed by atoms with Gasteiger partial charge in [-0.3, -0.25) is 19.2 Å². The zero-order valence-corrected chi connectivity index (χ0v) is 27.6. The number of carbonyl (C=O) groups excluding carboxylic acids is 4. The van der Waals surface area contributed by atoms with Crippen LogP contribution in [0.4, 0.5) is 0 Å². The van der Waals surface area contributed by atoms with E-state index in [4.69, 9.17) is 23.2 Å². The molecule has 1 saturated carbocycles. The molecule has 1 spiro atoms. The van der Waals surface area contributed by atoms with E-state index in [1.807, 2.05) is 30.3 Å². The van der Waals surface area contributed by atoms with Crippen LogP contribution in [-0.4, -0.2) is 76.7 Å². The zero-order valence-electron chi connectivity index (χ0n) is 26.1. The number of benzene rings is 2. The van der Waals surface area contributed by atoms with Crippen molar-refractivity contribution in [3.63, 3.8) is 0 Å². The van der Waals surface area contributed by atoms with Crippen molar-refractivity contribution in [2.75, 3.05) is 20.1 Å². The smallest absolute Gasteiger partial charge is 0.326 e. The third-order valence-electron chi connectivity index (χ3n) is 9.16. The van der Waals surface area contributed by atoms with Gasteiger partial charge in [-0.15, -0.1) is 0 Å². The number of likely N-dealkylation sites (tertiary alicyclic amines) is 1. The van der Waals surface area contributed by atoms with Gasteiger partial charge in [0, 0.05) is 55.1 Å². The molecule has 2 aromatic carbocycles. The lowest BCUT2D eigenvalue weighted by Gasteiger charge is -2.40. The van der Waals surface area contributed by atoms with Gasteiger partial charge < -0.3 is 25.5 Å². The van der Waals surface area contributed by atoms with E-state index in [2.05, 4.69) is 10.6 Å². The number of carboxylic acids is 1. The Hall–Kier alpha value is -3.63. The van der Waals surface area contributed by atoms with E-state index < -0.39 is 29.9 Å². The molecular weight excluding hydrogens is 631 g/mol. The predicted molar refractivity (Wildman–Crippen MR) is 175 cm³/mol. The molecule has 1 aliphatic carbocycles. The minimum atomic E-state index is -1.29. The summed E-state index contributed by atoms with van der Waals surface area (Å²) >= 11 is 12.2. The summed E-state index contributed by atoms with van der Waals surface area (Å²) in [7, 11) is 1.64. The Bertz CT molecular complexity index is 1390. The van der Waals surface area contributed by atoms with E-state index >= 15 is 0 Å². The van der Waals surface area contributed by atoms with Gasteiger partial charge in [-0.2, -0.15) is 0 Å². The lowest BCUT2D eigenvalue weighted by molar-refractivity contribution is -0.142. The van der Waals surface area contributed by atoms with Crippen LogP contribution in [0.3, 0.4) is 0 Å². The van der Waals surface area contributed by atoms with Gasteiger partial charge in [-0.1, -0.05) is 66.4 Å². The van der Waals surface area contributed by atoms with E-state index in [9.17, 15) is 29.1 Å². The molecule has 248 valence electrons. The van der Waals surface area contributed by atoms with Crippen molar-refractivity contribution in [2.45, 2.75) is 82.8 Å². The molecule has 4 amide bonds. The molecule has 12 heteroatoms. The molecule has 2 fully saturated rings. The summed E-state index contributed by atoms with van der Waals surface area (Å²) in [5, 5.41) is 15.5. The first-order valence-corrected chi connectivity index (χ1v) is 16.6. The molecule has 1 saturated heterocycles. The molecular formula is C34H42Cl2N4O6. The predicted octanol–water partition coefficient (Wildman–Crippen LogP) is 5.06. The molecule has 1 aliphatic heterocycles. The van der Waals surface area contributed by atoms with E-state index in [0.717, 1.165) is 18.4 Å². The number of nitrogens with one attached hydrogen (secondary N) is 2. The third kappa shape index (κ3) is 9.93.